The van der Waals surface area contributed by atoms with Crippen LogP contribution in [0.25, 0.3) is 0 Å². The van der Waals surface area contributed by atoms with E-state index in [0.29, 0.717) is 6.04 Å². The largest absolute Gasteiger partial charge is 0.328 e. The molecule has 0 unspecified atom stereocenters. The minimum Gasteiger partial charge on any atom is -0.328 e. The van der Waals surface area contributed by atoms with E-state index in [1.54, 1.807) is 0 Å². The van der Waals surface area contributed by atoms with E-state index >= 15 is 0 Å². The van der Waals surface area contributed by atoms with E-state index in [0.717, 1.165) is 5.92 Å². The van der Waals surface area contributed by atoms with E-state index in [-0.39, 0.29) is 0 Å². The molecule has 0 aromatic heterocycles. The van der Waals surface area contributed by atoms with Gasteiger partial charge in [0, 0.05) is 6.04 Å². The van der Waals surface area contributed by atoms with E-state index in [1.807, 2.05) is 11.8 Å². The summed E-state index contributed by atoms with van der Waals surface area (Å²) in [6, 6.07) is 0.425. The second kappa shape index (κ2) is 6.99. The number of hydrogen-bond donors (Lipinski definition) is 1. The van der Waals surface area contributed by atoms with Crippen molar-refractivity contribution in [2.45, 2.75) is 39.7 Å². The van der Waals surface area contributed by atoms with Gasteiger partial charge >= 0.3 is 0 Å². The molecule has 0 saturated carbocycles. The molecule has 0 saturated heterocycles. The van der Waals surface area contributed by atoms with Gasteiger partial charge in [0.2, 0.25) is 0 Å². The van der Waals surface area contributed by atoms with Crippen molar-refractivity contribution in [3.8, 4) is 0 Å². The average molecular weight is 175 g/mol. The van der Waals surface area contributed by atoms with Gasteiger partial charge in [-0.1, -0.05) is 20.8 Å². The minimum absolute atomic E-state index is 0.425. The van der Waals surface area contributed by atoms with Gasteiger partial charge in [0.1, 0.15) is 0 Å². The van der Waals surface area contributed by atoms with Crippen LogP contribution < -0.4 is 5.73 Å². The van der Waals surface area contributed by atoms with E-state index in [2.05, 4.69) is 20.8 Å². The van der Waals surface area contributed by atoms with Gasteiger partial charge in [-0.2, -0.15) is 11.8 Å². The Kier molecular flexibility index (Phi) is 7.18. The third kappa shape index (κ3) is 8.21. The Morgan fingerprint density at radius 3 is 2.45 bits per heavy atom. The Balaban J connectivity index is 3.15. The number of hydrogen-bond acceptors (Lipinski definition) is 2. The molecule has 0 aromatic rings. The summed E-state index contributed by atoms with van der Waals surface area (Å²) in [5, 5.41) is 0. The van der Waals surface area contributed by atoms with Crippen LogP contribution in [-0.4, -0.2) is 17.5 Å². The van der Waals surface area contributed by atoms with Crippen molar-refractivity contribution in [1.82, 2.24) is 0 Å². The van der Waals surface area contributed by atoms with Crippen LogP contribution in [0.1, 0.15) is 33.6 Å². The molecule has 0 rings (SSSR count). The van der Waals surface area contributed by atoms with Crippen LogP contribution in [0.5, 0.6) is 0 Å². The molecule has 1 nitrogen and oxygen atoms in total. The highest BCUT2D eigenvalue weighted by Gasteiger charge is 2.04. The summed E-state index contributed by atoms with van der Waals surface area (Å²) >= 11 is 1.98. The summed E-state index contributed by atoms with van der Waals surface area (Å²) < 4.78 is 0. The lowest BCUT2D eigenvalue weighted by Gasteiger charge is -2.12. The van der Waals surface area contributed by atoms with Gasteiger partial charge < -0.3 is 5.73 Å². The first-order valence-corrected chi connectivity index (χ1v) is 5.65. The Morgan fingerprint density at radius 1 is 1.36 bits per heavy atom. The maximum absolute atomic E-state index is 5.90. The molecule has 1 atom stereocenters. The lowest BCUT2D eigenvalue weighted by molar-refractivity contribution is 0.488. The zero-order chi connectivity index (χ0) is 8.69. The van der Waals surface area contributed by atoms with Crippen LogP contribution in [0.3, 0.4) is 0 Å². The predicted octanol–water partition coefficient (Wildman–Crippen LogP) is 2.50. The van der Waals surface area contributed by atoms with E-state index in [1.165, 1.54) is 24.3 Å². The molecule has 68 valence electrons. The molecular weight excluding hydrogens is 154 g/mol. The molecule has 0 spiro atoms. The van der Waals surface area contributed by atoms with Crippen molar-refractivity contribution in [3.05, 3.63) is 0 Å². The maximum atomic E-state index is 5.90. The summed E-state index contributed by atoms with van der Waals surface area (Å²) in [6.45, 7) is 6.65. The summed E-state index contributed by atoms with van der Waals surface area (Å²) in [4.78, 5) is 0. The third-order valence-corrected chi connectivity index (χ3v) is 2.54. The monoisotopic (exact) mass is 175 g/mol. The summed E-state index contributed by atoms with van der Waals surface area (Å²) in [7, 11) is 0. The van der Waals surface area contributed by atoms with Gasteiger partial charge in [-0.3, -0.25) is 0 Å². The van der Waals surface area contributed by atoms with Gasteiger partial charge in [0.25, 0.3) is 0 Å². The van der Waals surface area contributed by atoms with Crippen LogP contribution in [-0.2, 0) is 0 Å². The number of nitrogens with two attached hydrogens (primary N) is 1. The fraction of sp³-hybridized carbons (Fsp3) is 1.00. The predicted molar refractivity (Wildman–Crippen MR) is 55.0 cm³/mol. The van der Waals surface area contributed by atoms with E-state index in [9.17, 15) is 0 Å². The number of rotatable bonds is 6. The Hall–Kier alpha value is 0.310. The highest BCUT2D eigenvalue weighted by molar-refractivity contribution is 7.99. The molecule has 0 aliphatic rings. The molecule has 2 heteroatoms. The highest BCUT2D eigenvalue weighted by Crippen LogP contribution is 2.09. The van der Waals surface area contributed by atoms with Crippen molar-refractivity contribution in [3.63, 3.8) is 0 Å². The standard InChI is InChI=1S/C9H21NS/c1-4-11-6-5-9(10)7-8(2)3/h8-9H,4-7,10H2,1-3H3/t9-/m0/s1. The van der Waals surface area contributed by atoms with Crippen LogP contribution in [0.4, 0.5) is 0 Å². The van der Waals surface area contributed by atoms with Crippen LogP contribution in [0.15, 0.2) is 0 Å². The fourth-order valence-electron chi connectivity index (χ4n) is 1.10. The first kappa shape index (κ1) is 11.3. The van der Waals surface area contributed by atoms with Crippen LogP contribution in [0.2, 0.25) is 0 Å². The summed E-state index contributed by atoms with van der Waals surface area (Å²) in [6.07, 6.45) is 2.35. The van der Waals surface area contributed by atoms with Crippen LogP contribution >= 0.6 is 11.8 Å². The zero-order valence-electron chi connectivity index (χ0n) is 7.97. The Bertz CT molecular complexity index is 83.6. The van der Waals surface area contributed by atoms with Gasteiger partial charge in [0.15, 0.2) is 0 Å². The zero-order valence-corrected chi connectivity index (χ0v) is 8.79. The molecule has 0 aliphatic carbocycles. The molecule has 0 aromatic carbocycles. The molecule has 0 aliphatic heterocycles. The molecule has 0 bridgehead atoms. The maximum Gasteiger partial charge on any atom is 0.00491 e. The van der Waals surface area contributed by atoms with Crippen molar-refractivity contribution in [2.75, 3.05) is 11.5 Å². The second-order valence-electron chi connectivity index (χ2n) is 3.38. The third-order valence-electron chi connectivity index (χ3n) is 1.61. The smallest absolute Gasteiger partial charge is 0.00491 e. The number of thioether (sulfide) groups is 1. The summed E-state index contributed by atoms with van der Waals surface area (Å²) in [5.41, 5.74) is 5.90. The summed E-state index contributed by atoms with van der Waals surface area (Å²) in [5.74, 6) is 3.19. The molecule has 0 fully saturated rings. The first-order chi connectivity index (χ1) is 5.16. The second-order valence-corrected chi connectivity index (χ2v) is 4.77. The van der Waals surface area contributed by atoms with E-state index < -0.39 is 0 Å². The Labute approximate surface area is 75.1 Å². The van der Waals surface area contributed by atoms with Crippen LogP contribution in [0, 0.1) is 5.92 Å². The Morgan fingerprint density at radius 2 is 2.00 bits per heavy atom. The van der Waals surface area contributed by atoms with Crippen molar-refractivity contribution in [2.24, 2.45) is 11.7 Å². The normalized spacial score (nSPS) is 13.9. The molecule has 2 N–H and O–H groups in total. The molecule has 0 radical (unpaired) electrons. The average Bonchev–Trinajstić information content (AvgIpc) is 1.86. The lowest BCUT2D eigenvalue weighted by atomic mass is 10.0. The SMILES string of the molecule is CCSCC[C@H](N)CC(C)C. The van der Waals surface area contributed by atoms with Gasteiger partial charge in [-0.25, -0.2) is 0 Å². The molecule has 0 amide bonds. The topological polar surface area (TPSA) is 26.0 Å². The minimum atomic E-state index is 0.425. The first-order valence-electron chi connectivity index (χ1n) is 4.50. The fourth-order valence-corrected chi connectivity index (χ4v) is 1.86. The molecular formula is C9H21NS. The van der Waals surface area contributed by atoms with E-state index in [4.69, 9.17) is 5.73 Å². The molecule has 11 heavy (non-hydrogen) atoms. The van der Waals surface area contributed by atoms with Gasteiger partial charge in [-0.15, -0.1) is 0 Å². The van der Waals surface area contributed by atoms with Crippen molar-refractivity contribution >= 4 is 11.8 Å². The lowest BCUT2D eigenvalue weighted by Crippen LogP contribution is -2.22. The van der Waals surface area contributed by atoms with Gasteiger partial charge in [-0.05, 0) is 30.3 Å². The quantitative estimate of drug-likeness (QED) is 0.628. The molecule has 0 heterocycles. The van der Waals surface area contributed by atoms with Gasteiger partial charge in [0.05, 0.1) is 0 Å². The van der Waals surface area contributed by atoms with Crippen molar-refractivity contribution < 1.29 is 0 Å². The van der Waals surface area contributed by atoms with Crippen molar-refractivity contribution in [1.29, 1.82) is 0 Å². The highest BCUT2D eigenvalue weighted by atomic mass is 32.2.